The fraction of sp³-hybridized carbons (Fsp3) is 0.357. The molecule has 4 aromatic rings. The van der Waals surface area contributed by atoms with Crippen molar-refractivity contribution in [2.24, 2.45) is 0 Å². The Bertz CT molecular complexity index is 1310. The lowest BCUT2D eigenvalue weighted by molar-refractivity contribution is 0.122. The lowest BCUT2D eigenvalue weighted by Gasteiger charge is -2.31. The zero-order chi connectivity index (χ0) is 24.3. The van der Waals surface area contributed by atoms with Crippen molar-refractivity contribution in [3.05, 3.63) is 66.7 Å². The summed E-state index contributed by atoms with van der Waals surface area (Å²) < 4.78 is 11.7. The summed E-state index contributed by atoms with van der Waals surface area (Å²) in [4.78, 5) is 16.2. The van der Waals surface area contributed by atoms with Gasteiger partial charge in [0.2, 0.25) is 0 Å². The monoisotopic (exact) mass is 484 g/mol. The van der Waals surface area contributed by atoms with Gasteiger partial charge < -0.3 is 24.3 Å². The molecule has 0 amide bonds. The van der Waals surface area contributed by atoms with Crippen molar-refractivity contribution in [3.8, 4) is 11.3 Å². The maximum absolute atomic E-state index is 6.25. The van der Waals surface area contributed by atoms with Crippen molar-refractivity contribution in [3.63, 3.8) is 0 Å². The van der Waals surface area contributed by atoms with Crippen LogP contribution in [0, 0.1) is 0 Å². The number of likely N-dealkylation sites (N-methyl/N-ethyl adjacent to an activating group) is 1. The van der Waals surface area contributed by atoms with Crippen molar-refractivity contribution < 1.29 is 9.15 Å². The van der Waals surface area contributed by atoms with E-state index in [4.69, 9.17) is 9.15 Å². The van der Waals surface area contributed by atoms with Gasteiger partial charge in [-0.1, -0.05) is 0 Å². The minimum atomic E-state index is 0.780. The standard InChI is InChI=1S/C28H32N6O2/c1-32-10-12-33(13-11-32)19-24-7-9-27(36-24)21-2-8-26-25(18-21)28(30-20-29-26)31-22-3-5-23(6-4-22)34-14-16-35-17-15-34/h2-9,18,20H,10-17,19H2,1H3,(H,29,30,31). The smallest absolute Gasteiger partial charge is 0.141 e. The summed E-state index contributed by atoms with van der Waals surface area (Å²) in [7, 11) is 2.18. The SMILES string of the molecule is CN1CCN(Cc2ccc(-c3ccc4ncnc(Nc5ccc(N6CCOCC6)cc5)c4c3)o2)CC1. The number of hydrogen-bond donors (Lipinski definition) is 1. The van der Waals surface area contributed by atoms with E-state index >= 15 is 0 Å². The number of furan rings is 1. The van der Waals surface area contributed by atoms with Gasteiger partial charge in [0.05, 0.1) is 25.3 Å². The minimum Gasteiger partial charge on any atom is -0.460 e. The molecule has 2 aliphatic rings. The van der Waals surface area contributed by atoms with Crippen LogP contribution in [-0.2, 0) is 11.3 Å². The average molecular weight is 485 g/mol. The maximum atomic E-state index is 6.25. The molecular formula is C28H32N6O2. The Morgan fingerprint density at radius 1 is 0.861 bits per heavy atom. The van der Waals surface area contributed by atoms with Gasteiger partial charge >= 0.3 is 0 Å². The van der Waals surface area contributed by atoms with E-state index in [1.54, 1.807) is 6.33 Å². The van der Waals surface area contributed by atoms with Gasteiger partial charge in [0.25, 0.3) is 0 Å². The van der Waals surface area contributed by atoms with Crippen LogP contribution in [0.5, 0.6) is 0 Å². The first kappa shape index (κ1) is 23.0. The van der Waals surface area contributed by atoms with E-state index in [9.17, 15) is 0 Å². The van der Waals surface area contributed by atoms with Crippen molar-refractivity contribution in [1.82, 2.24) is 19.8 Å². The van der Waals surface area contributed by atoms with Gasteiger partial charge in [0, 0.05) is 61.6 Å². The van der Waals surface area contributed by atoms with Gasteiger partial charge in [0.1, 0.15) is 23.7 Å². The third-order valence-corrected chi connectivity index (χ3v) is 7.06. The van der Waals surface area contributed by atoms with Crippen LogP contribution in [-0.4, -0.2) is 79.3 Å². The Kier molecular flexibility index (Phi) is 6.55. The van der Waals surface area contributed by atoms with Crippen LogP contribution in [0.2, 0.25) is 0 Å². The lowest BCUT2D eigenvalue weighted by Crippen LogP contribution is -2.43. The second-order valence-corrected chi connectivity index (χ2v) is 9.57. The number of ether oxygens (including phenoxy) is 1. The molecule has 6 rings (SSSR count). The molecule has 2 aromatic heterocycles. The van der Waals surface area contributed by atoms with Gasteiger partial charge in [0.15, 0.2) is 0 Å². The molecule has 2 aromatic carbocycles. The van der Waals surface area contributed by atoms with Crippen LogP contribution in [0.4, 0.5) is 17.2 Å². The average Bonchev–Trinajstić information content (AvgIpc) is 3.39. The number of nitrogens with one attached hydrogen (secondary N) is 1. The van der Waals surface area contributed by atoms with Crippen LogP contribution in [0.25, 0.3) is 22.2 Å². The van der Waals surface area contributed by atoms with Gasteiger partial charge in [-0.2, -0.15) is 0 Å². The van der Waals surface area contributed by atoms with E-state index in [1.165, 1.54) is 5.69 Å². The summed E-state index contributed by atoms with van der Waals surface area (Å²) in [6, 6.07) is 18.8. The maximum Gasteiger partial charge on any atom is 0.141 e. The second-order valence-electron chi connectivity index (χ2n) is 9.57. The van der Waals surface area contributed by atoms with E-state index < -0.39 is 0 Å². The first-order chi connectivity index (χ1) is 17.7. The molecule has 4 heterocycles. The van der Waals surface area contributed by atoms with Crippen molar-refractivity contribution in [2.45, 2.75) is 6.54 Å². The molecule has 8 nitrogen and oxygen atoms in total. The van der Waals surface area contributed by atoms with Crippen molar-refractivity contribution in [2.75, 3.05) is 69.7 Å². The molecule has 0 spiro atoms. The van der Waals surface area contributed by atoms with E-state index in [1.807, 2.05) is 6.07 Å². The Labute approximate surface area is 211 Å². The van der Waals surface area contributed by atoms with Crippen LogP contribution in [0.1, 0.15) is 5.76 Å². The van der Waals surface area contributed by atoms with Gasteiger partial charge in [-0.15, -0.1) is 0 Å². The van der Waals surface area contributed by atoms with Crippen LogP contribution in [0.3, 0.4) is 0 Å². The zero-order valence-corrected chi connectivity index (χ0v) is 20.7. The number of fused-ring (bicyclic) bond motifs is 1. The highest BCUT2D eigenvalue weighted by Crippen LogP contribution is 2.30. The van der Waals surface area contributed by atoms with Crippen molar-refractivity contribution >= 4 is 28.1 Å². The number of nitrogens with zero attached hydrogens (tertiary/aromatic N) is 5. The number of morpholine rings is 1. The van der Waals surface area contributed by atoms with Gasteiger partial charge in [-0.3, -0.25) is 4.90 Å². The summed E-state index contributed by atoms with van der Waals surface area (Å²) >= 11 is 0. The summed E-state index contributed by atoms with van der Waals surface area (Å²) in [5, 5.41) is 4.45. The second kappa shape index (κ2) is 10.3. The normalized spacial score (nSPS) is 17.5. The fourth-order valence-electron chi connectivity index (χ4n) is 4.87. The molecule has 0 saturated carbocycles. The molecule has 0 atom stereocenters. The van der Waals surface area contributed by atoms with Crippen LogP contribution in [0.15, 0.2) is 65.3 Å². The largest absolute Gasteiger partial charge is 0.460 e. The molecule has 2 saturated heterocycles. The Morgan fingerprint density at radius 2 is 1.67 bits per heavy atom. The van der Waals surface area contributed by atoms with E-state index in [0.717, 1.165) is 98.5 Å². The highest BCUT2D eigenvalue weighted by molar-refractivity contribution is 5.93. The van der Waals surface area contributed by atoms with Crippen LogP contribution >= 0.6 is 0 Å². The predicted octanol–water partition coefficient (Wildman–Crippen LogP) is 4.22. The van der Waals surface area contributed by atoms with E-state index in [-0.39, 0.29) is 0 Å². The third-order valence-electron chi connectivity index (χ3n) is 7.06. The van der Waals surface area contributed by atoms with Gasteiger partial charge in [-0.05, 0) is 61.6 Å². The fourth-order valence-corrected chi connectivity index (χ4v) is 4.87. The quantitative estimate of drug-likeness (QED) is 0.436. The number of rotatable bonds is 6. The molecule has 0 bridgehead atoms. The summed E-state index contributed by atoms with van der Waals surface area (Å²) in [5.41, 5.74) is 4.12. The van der Waals surface area contributed by atoms with Crippen LogP contribution < -0.4 is 10.2 Å². The first-order valence-corrected chi connectivity index (χ1v) is 12.7. The van der Waals surface area contributed by atoms with E-state index in [2.05, 4.69) is 85.6 Å². The summed E-state index contributed by atoms with van der Waals surface area (Å²) in [6.07, 6.45) is 1.60. The molecule has 0 radical (unpaired) electrons. The first-order valence-electron chi connectivity index (χ1n) is 12.7. The number of aromatic nitrogens is 2. The molecule has 2 fully saturated rings. The highest BCUT2D eigenvalue weighted by Gasteiger charge is 2.16. The predicted molar refractivity (Wildman–Crippen MR) is 143 cm³/mol. The lowest BCUT2D eigenvalue weighted by atomic mass is 10.1. The molecule has 0 aliphatic carbocycles. The molecule has 0 unspecified atom stereocenters. The number of anilines is 3. The Balaban J connectivity index is 1.20. The number of hydrogen-bond acceptors (Lipinski definition) is 8. The molecule has 1 N–H and O–H groups in total. The Hall–Kier alpha value is -3.46. The number of benzene rings is 2. The summed E-state index contributed by atoms with van der Waals surface area (Å²) in [5.74, 6) is 2.65. The zero-order valence-electron chi connectivity index (χ0n) is 20.7. The van der Waals surface area contributed by atoms with Gasteiger partial charge in [-0.25, -0.2) is 9.97 Å². The highest BCUT2D eigenvalue weighted by atomic mass is 16.5. The molecule has 36 heavy (non-hydrogen) atoms. The molecule has 186 valence electrons. The van der Waals surface area contributed by atoms with E-state index in [0.29, 0.717) is 0 Å². The molecular weight excluding hydrogens is 452 g/mol. The Morgan fingerprint density at radius 3 is 2.47 bits per heavy atom. The molecule has 8 heteroatoms. The topological polar surface area (TPSA) is 69.9 Å². The van der Waals surface area contributed by atoms with Crippen molar-refractivity contribution in [1.29, 1.82) is 0 Å². The third kappa shape index (κ3) is 5.06. The molecule has 2 aliphatic heterocycles. The minimum absolute atomic E-state index is 0.780. The number of piperazine rings is 1. The summed E-state index contributed by atoms with van der Waals surface area (Å²) in [6.45, 7) is 8.60.